The molecule has 2 heterocycles. The molecule has 1 aromatic heterocycles. The van der Waals surface area contributed by atoms with E-state index < -0.39 is 34.0 Å². The number of ether oxygens (including phenoxy) is 3. The second kappa shape index (κ2) is 10.2. The van der Waals surface area contributed by atoms with Crippen molar-refractivity contribution in [3.8, 4) is 11.5 Å². The molecular formula is C25H28F4O4. The van der Waals surface area contributed by atoms with Crippen LogP contribution in [0.25, 0.3) is 21.9 Å². The van der Waals surface area contributed by atoms with Crippen LogP contribution in [0, 0.1) is 29.2 Å². The summed E-state index contributed by atoms with van der Waals surface area (Å²) in [6.45, 7) is 4.53. The molecule has 1 fully saturated rings. The van der Waals surface area contributed by atoms with Crippen LogP contribution < -0.4 is 9.47 Å². The van der Waals surface area contributed by atoms with Gasteiger partial charge in [-0.3, -0.25) is 0 Å². The lowest BCUT2D eigenvalue weighted by molar-refractivity contribution is -0.0317. The summed E-state index contributed by atoms with van der Waals surface area (Å²) in [5.74, 6) is -5.89. The summed E-state index contributed by atoms with van der Waals surface area (Å²) in [7, 11) is 0. The van der Waals surface area contributed by atoms with E-state index in [9.17, 15) is 17.6 Å². The SMILES string of the molecule is CCCCCC1CCC(COc2cc3oc4cc(OCC)c(F)c(F)c4c3c(F)c2F)CO1. The van der Waals surface area contributed by atoms with Gasteiger partial charge in [-0.15, -0.1) is 0 Å². The molecule has 0 spiro atoms. The van der Waals surface area contributed by atoms with Crippen molar-refractivity contribution in [2.75, 3.05) is 19.8 Å². The Morgan fingerprint density at radius 3 is 2.03 bits per heavy atom. The van der Waals surface area contributed by atoms with Gasteiger partial charge >= 0.3 is 0 Å². The van der Waals surface area contributed by atoms with Crippen molar-refractivity contribution in [1.29, 1.82) is 0 Å². The molecule has 33 heavy (non-hydrogen) atoms. The average molecular weight is 468 g/mol. The van der Waals surface area contributed by atoms with E-state index >= 15 is 0 Å². The molecule has 2 atom stereocenters. The van der Waals surface area contributed by atoms with Gasteiger partial charge in [0.05, 0.1) is 36.7 Å². The van der Waals surface area contributed by atoms with Crippen LogP contribution in [0.4, 0.5) is 17.6 Å². The molecule has 2 aromatic carbocycles. The van der Waals surface area contributed by atoms with E-state index in [1.165, 1.54) is 12.5 Å². The molecule has 4 nitrogen and oxygen atoms in total. The third-order valence-electron chi connectivity index (χ3n) is 6.11. The second-order valence-corrected chi connectivity index (χ2v) is 8.49. The molecule has 0 amide bonds. The van der Waals surface area contributed by atoms with Crippen molar-refractivity contribution in [2.24, 2.45) is 5.92 Å². The quantitative estimate of drug-likeness (QED) is 0.244. The molecule has 0 bridgehead atoms. The summed E-state index contributed by atoms with van der Waals surface area (Å²) in [5, 5.41) is -0.936. The van der Waals surface area contributed by atoms with E-state index in [1.54, 1.807) is 6.92 Å². The number of benzene rings is 2. The van der Waals surface area contributed by atoms with E-state index in [-0.39, 0.29) is 47.9 Å². The lowest BCUT2D eigenvalue weighted by Gasteiger charge is -2.29. The monoisotopic (exact) mass is 468 g/mol. The van der Waals surface area contributed by atoms with Gasteiger partial charge in [0.15, 0.2) is 23.1 Å². The van der Waals surface area contributed by atoms with Gasteiger partial charge in [0.2, 0.25) is 11.6 Å². The summed E-state index contributed by atoms with van der Waals surface area (Å²) >= 11 is 0. The molecule has 0 N–H and O–H groups in total. The highest BCUT2D eigenvalue weighted by Gasteiger charge is 2.27. The molecule has 1 saturated heterocycles. The number of hydrogen-bond donors (Lipinski definition) is 0. The molecule has 1 aliphatic rings. The van der Waals surface area contributed by atoms with Crippen LogP contribution in [-0.4, -0.2) is 25.9 Å². The zero-order valence-corrected chi connectivity index (χ0v) is 18.8. The predicted molar refractivity (Wildman–Crippen MR) is 117 cm³/mol. The molecule has 2 unspecified atom stereocenters. The average Bonchev–Trinajstić information content (AvgIpc) is 3.18. The normalized spacial score (nSPS) is 18.8. The number of fused-ring (bicyclic) bond motifs is 3. The molecule has 0 saturated carbocycles. The minimum atomic E-state index is -1.35. The summed E-state index contributed by atoms with van der Waals surface area (Å²) in [4.78, 5) is 0. The second-order valence-electron chi connectivity index (χ2n) is 8.49. The van der Waals surface area contributed by atoms with Crippen LogP contribution in [0.2, 0.25) is 0 Å². The molecule has 1 aliphatic heterocycles. The maximum Gasteiger partial charge on any atom is 0.201 e. The van der Waals surface area contributed by atoms with Crippen LogP contribution in [0.5, 0.6) is 11.5 Å². The first kappa shape index (κ1) is 23.7. The van der Waals surface area contributed by atoms with Gasteiger partial charge in [-0.1, -0.05) is 26.2 Å². The molecule has 0 aliphatic carbocycles. The van der Waals surface area contributed by atoms with Gasteiger partial charge in [0.1, 0.15) is 11.2 Å². The largest absolute Gasteiger partial charge is 0.491 e. The Morgan fingerprint density at radius 1 is 0.848 bits per heavy atom. The van der Waals surface area contributed by atoms with Crippen LogP contribution >= 0.6 is 0 Å². The number of hydrogen-bond acceptors (Lipinski definition) is 4. The third kappa shape index (κ3) is 4.76. The maximum atomic E-state index is 14.9. The summed E-state index contributed by atoms with van der Waals surface area (Å²) in [6.07, 6.45) is 6.54. The van der Waals surface area contributed by atoms with Gasteiger partial charge in [-0.25, -0.2) is 8.78 Å². The van der Waals surface area contributed by atoms with Crippen LogP contribution in [-0.2, 0) is 4.74 Å². The molecule has 8 heteroatoms. The Labute approximate surface area is 189 Å². The highest BCUT2D eigenvalue weighted by Crippen LogP contribution is 2.40. The first-order valence-corrected chi connectivity index (χ1v) is 11.5. The van der Waals surface area contributed by atoms with Gasteiger partial charge in [-0.05, 0) is 26.2 Å². The van der Waals surface area contributed by atoms with Crippen molar-refractivity contribution < 1.29 is 36.2 Å². The number of furan rings is 1. The molecule has 4 rings (SSSR count). The fourth-order valence-electron chi connectivity index (χ4n) is 4.32. The maximum absolute atomic E-state index is 14.9. The highest BCUT2D eigenvalue weighted by molar-refractivity contribution is 6.06. The Bertz CT molecular complexity index is 1120. The van der Waals surface area contributed by atoms with Crippen LogP contribution in [0.3, 0.4) is 0 Å². The van der Waals surface area contributed by atoms with Crippen LogP contribution in [0.15, 0.2) is 16.5 Å². The lowest BCUT2D eigenvalue weighted by Crippen LogP contribution is -2.29. The number of rotatable bonds is 9. The van der Waals surface area contributed by atoms with E-state index in [1.807, 2.05) is 0 Å². The van der Waals surface area contributed by atoms with E-state index in [4.69, 9.17) is 18.6 Å². The van der Waals surface area contributed by atoms with Gasteiger partial charge < -0.3 is 18.6 Å². The van der Waals surface area contributed by atoms with Crippen LogP contribution in [0.1, 0.15) is 52.4 Å². The zero-order chi connectivity index (χ0) is 23.5. The lowest BCUT2D eigenvalue weighted by atomic mass is 9.96. The standard InChI is InChI=1S/C25H28F4O4/c1-3-5-6-7-15-9-8-14(12-31-15)13-32-19-11-17-21(25(29)23(19)27)20-16(33-17)10-18(30-4-2)22(26)24(20)28/h10-11,14-15H,3-9,12-13H2,1-2H3. The smallest absolute Gasteiger partial charge is 0.201 e. The first-order chi connectivity index (χ1) is 15.9. The van der Waals surface area contributed by atoms with Crippen molar-refractivity contribution in [3.05, 3.63) is 35.4 Å². The van der Waals surface area contributed by atoms with Crippen molar-refractivity contribution in [2.45, 2.75) is 58.5 Å². The predicted octanol–water partition coefficient (Wildman–Crippen LogP) is 7.30. The molecule has 180 valence electrons. The highest BCUT2D eigenvalue weighted by atomic mass is 19.2. The van der Waals surface area contributed by atoms with Gasteiger partial charge in [-0.2, -0.15) is 8.78 Å². The first-order valence-electron chi connectivity index (χ1n) is 11.5. The fraction of sp³-hybridized carbons (Fsp3) is 0.520. The van der Waals surface area contributed by atoms with Crippen molar-refractivity contribution in [3.63, 3.8) is 0 Å². The third-order valence-corrected chi connectivity index (χ3v) is 6.11. The minimum Gasteiger partial charge on any atom is -0.491 e. The summed E-state index contributed by atoms with van der Waals surface area (Å²) < 4.78 is 80.6. The van der Waals surface area contributed by atoms with Gasteiger partial charge in [0, 0.05) is 18.1 Å². The topological polar surface area (TPSA) is 40.8 Å². The van der Waals surface area contributed by atoms with E-state index in [0.717, 1.165) is 38.2 Å². The Balaban J connectivity index is 1.52. The molecule has 3 aromatic rings. The molecule has 0 radical (unpaired) electrons. The minimum absolute atomic E-state index is 0.0570. The number of halogens is 4. The molecular weight excluding hydrogens is 440 g/mol. The Morgan fingerprint density at radius 2 is 1.48 bits per heavy atom. The Hall–Kier alpha value is -2.48. The summed E-state index contributed by atoms with van der Waals surface area (Å²) in [5.41, 5.74) is -0.278. The van der Waals surface area contributed by atoms with Crippen molar-refractivity contribution >= 4 is 21.9 Å². The van der Waals surface area contributed by atoms with E-state index in [0.29, 0.717) is 6.61 Å². The van der Waals surface area contributed by atoms with Gasteiger partial charge in [0.25, 0.3) is 0 Å². The summed E-state index contributed by atoms with van der Waals surface area (Å²) in [6, 6.07) is 2.30. The zero-order valence-electron chi connectivity index (χ0n) is 18.8. The number of unbranched alkanes of at least 4 members (excludes halogenated alkanes) is 2. The fourth-order valence-corrected chi connectivity index (χ4v) is 4.32. The van der Waals surface area contributed by atoms with Crippen molar-refractivity contribution in [1.82, 2.24) is 0 Å². The van der Waals surface area contributed by atoms with E-state index in [2.05, 4.69) is 6.92 Å². The Kier molecular flexibility index (Phi) is 7.32.